The Kier molecular flexibility index (Phi) is 4.02. The number of carbonyl (C=O) groups is 1. The quantitative estimate of drug-likeness (QED) is 0.904. The molecule has 2 rings (SSSR count). The Morgan fingerprint density at radius 3 is 2.50 bits per heavy atom. The van der Waals surface area contributed by atoms with Gasteiger partial charge in [-0.1, -0.05) is 13.8 Å². The van der Waals surface area contributed by atoms with Gasteiger partial charge in [0, 0.05) is 6.42 Å². The van der Waals surface area contributed by atoms with Crippen molar-refractivity contribution in [3.8, 4) is 11.4 Å². The predicted octanol–water partition coefficient (Wildman–Crippen LogP) is 2.17. The zero-order chi connectivity index (χ0) is 14.7. The average Bonchev–Trinajstić information content (AvgIpc) is 2.82. The first-order valence-corrected chi connectivity index (χ1v) is 6.35. The third-order valence-electron chi connectivity index (χ3n) is 2.77. The molecule has 1 aromatic heterocycles. The van der Waals surface area contributed by atoms with Crippen molar-refractivity contribution in [2.45, 2.75) is 20.3 Å². The van der Waals surface area contributed by atoms with Crippen molar-refractivity contribution in [3.05, 3.63) is 35.9 Å². The van der Waals surface area contributed by atoms with Gasteiger partial charge in [-0.3, -0.25) is 0 Å². The highest BCUT2D eigenvalue weighted by Gasteiger charge is 2.17. The van der Waals surface area contributed by atoms with Gasteiger partial charge < -0.3 is 9.84 Å². The Morgan fingerprint density at radius 2 is 2.00 bits per heavy atom. The third kappa shape index (κ3) is 2.96. The monoisotopic (exact) mass is 275 g/mol. The number of methoxy groups -OCH3 is 1. The zero-order valence-electron chi connectivity index (χ0n) is 11.7. The van der Waals surface area contributed by atoms with Gasteiger partial charge in [-0.15, -0.1) is 5.10 Å². The SMILES string of the molecule is COc1ccc(-n2nc(C(=O)O)nc2CC(C)C)cc1. The number of carboxylic acids is 1. The number of rotatable bonds is 5. The Hall–Kier alpha value is -2.37. The second kappa shape index (κ2) is 5.73. The number of aromatic nitrogens is 3. The lowest BCUT2D eigenvalue weighted by Crippen LogP contribution is -2.06. The van der Waals surface area contributed by atoms with E-state index < -0.39 is 5.97 Å². The first-order valence-electron chi connectivity index (χ1n) is 6.35. The van der Waals surface area contributed by atoms with Gasteiger partial charge in [0.2, 0.25) is 0 Å². The van der Waals surface area contributed by atoms with E-state index in [0.717, 1.165) is 11.4 Å². The van der Waals surface area contributed by atoms with Crippen LogP contribution in [0.25, 0.3) is 5.69 Å². The molecule has 0 aliphatic heterocycles. The van der Waals surface area contributed by atoms with Gasteiger partial charge in [0.25, 0.3) is 5.82 Å². The number of nitrogens with zero attached hydrogens (tertiary/aromatic N) is 3. The summed E-state index contributed by atoms with van der Waals surface area (Å²) in [6.07, 6.45) is 0.659. The molecule has 20 heavy (non-hydrogen) atoms. The first-order chi connectivity index (χ1) is 9.51. The smallest absolute Gasteiger partial charge is 0.375 e. The van der Waals surface area contributed by atoms with E-state index in [9.17, 15) is 4.79 Å². The van der Waals surface area contributed by atoms with Gasteiger partial charge in [-0.05, 0) is 30.2 Å². The summed E-state index contributed by atoms with van der Waals surface area (Å²) >= 11 is 0. The lowest BCUT2D eigenvalue weighted by atomic mass is 10.1. The highest BCUT2D eigenvalue weighted by molar-refractivity contribution is 5.83. The Labute approximate surface area is 117 Å². The van der Waals surface area contributed by atoms with Crippen LogP contribution >= 0.6 is 0 Å². The zero-order valence-corrected chi connectivity index (χ0v) is 11.7. The second-order valence-corrected chi connectivity index (χ2v) is 4.86. The fourth-order valence-electron chi connectivity index (χ4n) is 1.86. The first kappa shape index (κ1) is 14.0. The minimum absolute atomic E-state index is 0.184. The number of hydrogen-bond acceptors (Lipinski definition) is 4. The van der Waals surface area contributed by atoms with Crippen LogP contribution in [0.3, 0.4) is 0 Å². The van der Waals surface area contributed by atoms with Crippen LogP contribution in [0.4, 0.5) is 0 Å². The van der Waals surface area contributed by atoms with E-state index in [-0.39, 0.29) is 5.82 Å². The molecule has 2 aromatic rings. The molecule has 6 nitrogen and oxygen atoms in total. The summed E-state index contributed by atoms with van der Waals surface area (Å²) in [7, 11) is 1.59. The molecule has 0 fully saturated rings. The van der Waals surface area contributed by atoms with E-state index in [1.807, 2.05) is 26.0 Å². The molecule has 0 saturated carbocycles. The van der Waals surface area contributed by atoms with Crippen LogP contribution in [0.1, 0.15) is 30.3 Å². The summed E-state index contributed by atoms with van der Waals surface area (Å²) in [6.45, 7) is 4.10. The van der Waals surface area contributed by atoms with Gasteiger partial charge in [-0.2, -0.15) is 0 Å². The van der Waals surface area contributed by atoms with Crippen LogP contribution in [0.15, 0.2) is 24.3 Å². The van der Waals surface area contributed by atoms with Crippen LogP contribution in [0.5, 0.6) is 5.75 Å². The minimum Gasteiger partial charge on any atom is -0.497 e. The van der Waals surface area contributed by atoms with Gasteiger partial charge in [0.15, 0.2) is 0 Å². The van der Waals surface area contributed by atoms with Crippen LogP contribution in [-0.2, 0) is 6.42 Å². The highest BCUT2D eigenvalue weighted by Crippen LogP contribution is 2.17. The van der Waals surface area contributed by atoms with Crippen molar-refractivity contribution < 1.29 is 14.6 Å². The van der Waals surface area contributed by atoms with Crippen molar-refractivity contribution in [1.29, 1.82) is 0 Å². The van der Waals surface area contributed by atoms with E-state index in [1.165, 1.54) is 0 Å². The second-order valence-electron chi connectivity index (χ2n) is 4.86. The van der Waals surface area contributed by atoms with Crippen molar-refractivity contribution in [2.24, 2.45) is 5.92 Å². The number of carboxylic acid groups (broad SMARTS) is 1. The van der Waals surface area contributed by atoms with E-state index >= 15 is 0 Å². The van der Waals surface area contributed by atoms with E-state index in [1.54, 1.807) is 23.9 Å². The molecule has 1 heterocycles. The normalized spacial score (nSPS) is 10.8. The highest BCUT2D eigenvalue weighted by atomic mass is 16.5. The van der Waals surface area contributed by atoms with E-state index in [0.29, 0.717) is 18.2 Å². The molecule has 0 bridgehead atoms. The summed E-state index contributed by atoms with van der Waals surface area (Å²) < 4.78 is 6.68. The predicted molar refractivity (Wildman–Crippen MR) is 73.4 cm³/mol. The molecule has 0 spiro atoms. The Morgan fingerprint density at radius 1 is 1.35 bits per heavy atom. The summed E-state index contributed by atoms with van der Waals surface area (Å²) in [5, 5.41) is 13.1. The lowest BCUT2D eigenvalue weighted by Gasteiger charge is -2.08. The summed E-state index contributed by atoms with van der Waals surface area (Å²) in [5.41, 5.74) is 0.765. The van der Waals surface area contributed by atoms with Gasteiger partial charge in [0.1, 0.15) is 11.6 Å². The summed E-state index contributed by atoms with van der Waals surface area (Å²) in [4.78, 5) is 15.1. The number of ether oxygens (including phenoxy) is 1. The van der Waals surface area contributed by atoms with Crippen LogP contribution in [0.2, 0.25) is 0 Å². The topological polar surface area (TPSA) is 77.2 Å². The maximum absolute atomic E-state index is 11.0. The molecule has 106 valence electrons. The maximum Gasteiger partial charge on any atom is 0.375 e. The molecule has 0 amide bonds. The Balaban J connectivity index is 2.44. The molecule has 0 unspecified atom stereocenters. The third-order valence-corrected chi connectivity index (χ3v) is 2.77. The fourth-order valence-corrected chi connectivity index (χ4v) is 1.86. The van der Waals surface area contributed by atoms with Gasteiger partial charge in [0.05, 0.1) is 12.8 Å². The molecule has 0 radical (unpaired) electrons. The van der Waals surface area contributed by atoms with Gasteiger partial charge in [-0.25, -0.2) is 14.5 Å². The van der Waals surface area contributed by atoms with Crippen molar-refractivity contribution >= 4 is 5.97 Å². The maximum atomic E-state index is 11.0. The molecule has 1 N–H and O–H groups in total. The standard InChI is InChI=1S/C14H17N3O3/c1-9(2)8-12-15-13(14(18)19)16-17(12)10-4-6-11(20-3)7-5-10/h4-7,9H,8H2,1-3H3,(H,18,19). The number of benzene rings is 1. The van der Waals surface area contributed by atoms with Gasteiger partial charge >= 0.3 is 5.97 Å². The molecule has 0 aliphatic carbocycles. The molecular weight excluding hydrogens is 258 g/mol. The minimum atomic E-state index is -1.12. The Bertz CT molecular complexity index is 603. The molecule has 1 aromatic carbocycles. The number of aromatic carboxylic acids is 1. The average molecular weight is 275 g/mol. The fraction of sp³-hybridized carbons (Fsp3) is 0.357. The largest absolute Gasteiger partial charge is 0.497 e. The summed E-state index contributed by atoms with van der Waals surface area (Å²) in [5.74, 6) is 0.428. The van der Waals surface area contributed by atoms with Crippen LogP contribution in [-0.4, -0.2) is 33.0 Å². The molecule has 0 aliphatic rings. The molecule has 6 heteroatoms. The number of hydrogen-bond donors (Lipinski definition) is 1. The lowest BCUT2D eigenvalue weighted by molar-refractivity contribution is 0.0683. The van der Waals surface area contributed by atoms with E-state index in [2.05, 4.69) is 10.1 Å². The van der Waals surface area contributed by atoms with E-state index in [4.69, 9.17) is 9.84 Å². The summed E-state index contributed by atoms with van der Waals surface area (Å²) in [6, 6.07) is 7.25. The van der Waals surface area contributed by atoms with Crippen LogP contribution < -0.4 is 4.74 Å². The van der Waals surface area contributed by atoms with Crippen molar-refractivity contribution in [2.75, 3.05) is 7.11 Å². The molecular formula is C14H17N3O3. The molecule has 0 atom stereocenters. The molecule has 0 saturated heterocycles. The van der Waals surface area contributed by atoms with Crippen molar-refractivity contribution in [1.82, 2.24) is 14.8 Å². The van der Waals surface area contributed by atoms with Crippen molar-refractivity contribution in [3.63, 3.8) is 0 Å². The van der Waals surface area contributed by atoms with Crippen LogP contribution in [0, 0.1) is 5.92 Å².